The normalized spacial score (nSPS) is 14.3. The minimum Gasteiger partial charge on any atom is -0.351 e. The van der Waals surface area contributed by atoms with Crippen molar-refractivity contribution in [1.82, 2.24) is 23.3 Å². The third kappa shape index (κ3) is 3.63. The summed E-state index contributed by atoms with van der Waals surface area (Å²) in [5.41, 5.74) is 3.03. The summed E-state index contributed by atoms with van der Waals surface area (Å²) in [5.74, 6) is -0.252. The fourth-order valence-corrected chi connectivity index (χ4v) is 5.08. The van der Waals surface area contributed by atoms with E-state index in [1.807, 2.05) is 66.4 Å². The molecule has 1 aliphatic carbocycles. The number of aromatic nitrogens is 5. The fraction of sp³-hybridized carbons (Fsp3) is 0.385. The highest BCUT2D eigenvalue weighted by Crippen LogP contribution is 2.31. The lowest BCUT2D eigenvalue weighted by Crippen LogP contribution is -2.42. The van der Waals surface area contributed by atoms with Crippen LogP contribution in [0.4, 0.5) is 0 Å². The second kappa shape index (κ2) is 8.59. The highest BCUT2D eigenvalue weighted by atomic mass is 16.2. The average molecular weight is 460 g/mol. The maximum absolute atomic E-state index is 13.6. The molecule has 0 unspecified atom stereocenters. The summed E-state index contributed by atoms with van der Waals surface area (Å²) in [6.07, 6.45) is 5.84. The van der Waals surface area contributed by atoms with Crippen molar-refractivity contribution in [2.45, 2.75) is 58.7 Å². The number of imidazole rings is 1. The maximum Gasteiger partial charge on any atom is 0.333 e. The summed E-state index contributed by atoms with van der Waals surface area (Å²) in [6.45, 7) is 3.77. The standard InChI is InChI=1S/C26H29N5O3/c1-17-13-21(18(2)28(17)3)22(32)15-30-25(33)23-24(27-16-31(23)20-11-7-8-12-20)29(26(30)34)14-19-9-5-4-6-10-19/h4-6,9-10,13,16,20H,7-8,11-12,14-15H2,1-3H3. The molecular formula is C26H29N5O3. The molecule has 4 aromatic rings. The van der Waals surface area contributed by atoms with Gasteiger partial charge in [-0.2, -0.15) is 0 Å². The number of rotatable bonds is 6. The highest BCUT2D eigenvalue weighted by Gasteiger charge is 2.25. The Morgan fingerprint density at radius 3 is 2.41 bits per heavy atom. The van der Waals surface area contributed by atoms with Crippen molar-refractivity contribution >= 4 is 16.9 Å². The molecule has 0 N–H and O–H groups in total. The lowest BCUT2D eigenvalue weighted by atomic mass is 10.1. The van der Waals surface area contributed by atoms with Gasteiger partial charge in [-0.15, -0.1) is 0 Å². The first-order valence-corrected chi connectivity index (χ1v) is 11.8. The predicted octanol–water partition coefficient (Wildman–Crippen LogP) is 3.36. The molecule has 1 saturated carbocycles. The van der Waals surface area contributed by atoms with Crippen molar-refractivity contribution in [3.63, 3.8) is 0 Å². The first-order valence-electron chi connectivity index (χ1n) is 11.8. The molecule has 176 valence electrons. The van der Waals surface area contributed by atoms with Gasteiger partial charge < -0.3 is 9.13 Å². The van der Waals surface area contributed by atoms with Crippen molar-refractivity contribution in [2.24, 2.45) is 7.05 Å². The van der Waals surface area contributed by atoms with Crippen molar-refractivity contribution in [1.29, 1.82) is 0 Å². The van der Waals surface area contributed by atoms with Gasteiger partial charge in [-0.25, -0.2) is 9.78 Å². The molecule has 8 nitrogen and oxygen atoms in total. The van der Waals surface area contributed by atoms with E-state index in [0.29, 0.717) is 16.7 Å². The molecule has 0 amide bonds. The van der Waals surface area contributed by atoms with Crippen LogP contribution in [0.3, 0.4) is 0 Å². The lowest BCUT2D eigenvalue weighted by molar-refractivity contribution is 0.0968. The Labute approximate surface area is 197 Å². The summed E-state index contributed by atoms with van der Waals surface area (Å²) in [6, 6.07) is 11.6. The maximum atomic E-state index is 13.6. The SMILES string of the molecule is Cc1cc(C(=O)Cn2c(=O)c3c(ncn3C3CCCC3)n(Cc3ccccc3)c2=O)c(C)n1C. The molecule has 34 heavy (non-hydrogen) atoms. The molecule has 0 saturated heterocycles. The van der Waals surface area contributed by atoms with Gasteiger partial charge in [0, 0.05) is 30.0 Å². The van der Waals surface area contributed by atoms with Crippen LogP contribution in [-0.2, 0) is 20.1 Å². The van der Waals surface area contributed by atoms with E-state index in [1.54, 1.807) is 6.33 Å². The minimum absolute atomic E-state index is 0.184. The second-order valence-corrected chi connectivity index (χ2v) is 9.27. The molecule has 1 aromatic carbocycles. The molecular weight excluding hydrogens is 430 g/mol. The molecule has 8 heteroatoms. The number of fused-ring (bicyclic) bond motifs is 1. The predicted molar refractivity (Wildman–Crippen MR) is 131 cm³/mol. The van der Waals surface area contributed by atoms with E-state index in [0.717, 1.165) is 47.2 Å². The van der Waals surface area contributed by atoms with Crippen LogP contribution >= 0.6 is 0 Å². The summed E-state index contributed by atoms with van der Waals surface area (Å²) < 4.78 is 6.46. The van der Waals surface area contributed by atoms with Gasteiger partial charge in [0.1, 0.15) is 0 Å². The molecule has 1 aliphatic rings. The van der Waals surface area contributed by atoms with Crippen LogP contribution in [0.15, 0.2) is 52.3 Å². The molecule has 3 heterocycles. The van der Waals surface area contributed by atoms with E-state index in [9.17, 15) is 14.4 Å². The monoisotopic (exact) mass is 459 g/mol. The number of carbonyl (C=O) groups excluding carboxylic acids is 1. The van der Waals surface area contributed by atoms with Gasteiger partial charge in [-0.05, 0) is 38.3 Å². The van der Waals surface area contributed by atoms with Crippen LogP contribution in [-0.4, -0.2) is 29.0 Å². The second-order valence-electron chi connectivity index (χ2n) is 9.27. The fourth-order valence-electron chi connectivity index (χ4n) is 5.08. The van der Waals surface area contributed by atoms with Crippen LogP contribution in [0.25, 0.3) is 11.2 Å². The number of benzene rings is 1. The first-order chi connectivity index (χ1) is 16.4. The molecule has 0 aliphatic heterocycles. The van der Waals surface area contributed by atoms with Crippen LogP contribution < -0.4 is 11.2 Å². The van der Waals surface area contributed by atoms with Gasteiger partial charge in [0.2, 0.25) is 0 Å². The van der Waals surface area contributed by atoms with Crippen molar-refractivity contribution in [3.8, 4) is 0 Å². The number of hydrogen-bond donors (Lipinski definition) is 0. The highest BCUT2D eigenvalue weighted by molar-refractivity contribution is 5.97. The van der Waals surface area contributed by atoms with Crippen molar-refractivity contribution in [2.75, 3.05) is 0 Å². The number of Topliss-reactive ketones (excluding diaryl/α,β-unsaturated/α-hetero) is 1. The van der Waals surface area contributed by atoms with Crippen LogP contribution in [0, 0.1) is 13.8 Å². The summed E-state index contributed by atoms with van der Waals surface area (Å²) >= 11 is 0. The molecule has 0 spiro atoms. The molecule has 0 atom stereocenters. The van der Waals surface area contributed by atoms with Crippen LogP contribution in [0.5, 0.6) is 0 Å². The zero-order chi connectivity index (χ0) is 24.0. The van der Waals surface area contributed by atoms with E-state index >= 15 is 0 Å². The zero-order valence-electron chi connectivity index (χ0n) is 19.8. The van der Waals surface area contributed by atoms with Gasteiger partial charge >= 0.3 is 5.69 Å². The van der Waals surface area contributed by atoms with E-state index in [4.69, 9.17) is 0 Å². The minimum atomic E-state index is -0.517. The largest absolute Gasteiger partial charge is 0.351 e. The topological polar surface area (TPSA) is 83.8 Å². The van der Waals surface area contributed by atoms with Crippen molar-refractivity contribution < 1.29 is 4.79 Å². The van der Waals surface area contributed by atoms with Crippen LogP contribution in [0.2, 0.25) is 0 Å². The van der Waals surface area contributed by atoms with E-state index < -0.39 is 11.2 Å². The lowest BCUT2D eigenvalue weighted by Gasteiger charge is -2.15. The Hall–Kier alpha value is -3.68. The molecule has 0 radical (unpaired) electrons. The number of hydrogen-bond acceptors (Lipinski definition) is 4. The Morgan fingerprint density at radius 1 is 1.06 bits per heavy atom. The van der Waals surface area contributed by atoms with E-state index in [2.05, 4.69) is 4.98 Å². The Bertz CT molecular complexity index is 1500. The van der Waals surface area contributed by atoms with Crippen LogP contribution in [0.1, 0.15) is 59.0 Å². The zero-order valence-corrected chi connectivity index (χ0v) is 19.8. The Morgan fingerprint density at radius 2 is 1.76 bits per heavy atom. The summed E-state index contributed by atoms with van der Waals surface area (Å²) in [4.78, 5) is 45.0. The van der Waals surface area contributed by atoms with Gasteiger partial charge in [0.15, 0.2) is 16.9 Å². The van der Waals surface area contributed by atoms with Gasteiger partial charge in [0.25, 0.3) is 5.56 Å². The number of aryl methyl sites for hydroxylation is 1. The van der Waals surface area contributed by atoms with Gasteiger partial charge in [0.05, 0.1) is 19.4 Å². The molecule has 5 rings (SSSR count). The third-order valence-corrected chi connectivity index (χ3v) is 7.22. The molecule has 1 fully saturated rings. The Balaban J connectivity index is 1.68. The summed E-state index contributed by atoms with van der Waals surface area (Å²) in [5, 5.41) is 0. The van der Waals surface area contributed by atoms with E-state index in [1.165, 1.54) is 4.57 Å². The third-order valence-electron chi connectivity index (χ3n) is 7.22. The summed E-state index contributed by atoms with van der Waals surface area (Å²) in [7, 11) is 1.90. The number of carbonyl (C=O) groups is 1. The first kappa shape index (κ1) is 22.1. The van der Waals surface area contributed by atoms with Gasteiger partial charge in [-0.3, -0.25) is 18.7 Å². The Kier molecular flexibility index (Phi) is 5.59. The number of nitrogens with zero attached hydrogens (tertiary/aromatic N) is 5. The number of ketones is 1. The van der Waals surface area contributed by atoms with E-state index in [-0.39, 0.29) is 24.9 Å². The average Bonchev–Trinajstić information content (AvgIpc) is 3.57. The molecule has 0 bridgehead atoms. The van der Waals surface area contributed by atoms with Crippen molar-refractivity contribution in [3.05, 3.63) is 86.1 Å². The smallest absolute Gasteiger partial charge is 0.333 e. The molecule has 3 aromatic heterocycles. The quantitative estimate of drug-likeness (QED) is 0.414. The van der Waals surface area contributed by atoms with Gasteiger partial charge in [-0.1, -0.05) is 43.2 Å².